The molecule has 1 N–H and O–H groups in total. The molecule has 0 aromatic carbocycles. The van der Waals surface area contributed by atoms with E-state index < -0.39 is 0 Å². The Morgan fingerprint density at radius 3 is 2.72 bits per heavy atom. The molecule has 2 aliphatic rings. The Balaban J connectivity index is 1.97. The first-order valence-electron chi connectivity index (χ1n) is 7.16. The van der Waals surface area contributed by atoms with Gasteiger partial charge in [-0.05, 0) is 45.2 Å². The molecule has 4 nitrogen and oxygen atoms in total. The standard InChI is InChI=1S/C14H25N3O/c1-3-7-16-14(10-15,12-4-5-12)11-17(2)13-6-8-18-9-13/h12-13,16H,3-9,11H2,1-2H3. The van der Waals surface area contributed by atoms with E-state index in [2.05, 4.69) is 30.3 Å². The van der Waals surface area contributed by atoms with Crippen molar-refractivity contribution in [2.75, 3.05) is 33.4 Å². The van der Waals surface area contributed by atoms with Gasteiger partial charge in [-0.3, -0.25) is 10.2 Å². The molecule has 2 atom stereocenters. The molecule has 1 heterocycles. The van der Waals surface area contributed by atoms with Gasteiger partial charge in [0.05, 0.1) is 12.7 Å². The molecule has 18 heavy (non-hydrogen) atoms. The van der Waals surface area contributed by atoms with Gasteiger partial charge in [0.15, 0.2) is 0 Å². The second kappa shape index (κ2) is 6.01. The molecule has 2 fully saturated rings. The quantitative estimate of drug-likeness (QED) is 0.742. The minimum atomic E-state index is -0.340. The maximum Gasteiger partial charge on any atom is 0.122 e. The highest BCUT2D eigenvalue weighted by molar-refractivity contribution is 5.16. The van der Waals surface area contributed by atoms with Crippen molar-refractivity contribution in [1.82, 2.24) is 10.2 Å². The normalized spacial score (nSPS) is 27.1. The molecule has 1 aliphatic carbocycles. The van der Waals surface area contributed by atoms with E-state index >= 15 is 0 Å². The molecule has 102 valence electrons. The Morgan fingerprint density at radius 2 is 2.22 bits per heavy atom. The van der Waals surface area contributed by atoms with Gasteiger partial charge in [0.25, 0.3) is 0 Å². The third-order valence-electron chi connectivity index (χ3n) is 4.19. The highest BCUT2D eigenvalue weighted by Gasteiger charge is 2.46. The van der Waals surface area contributed by atoms with E-state index in [4.69, 9.17) is 4.74 Å². The van der Waals surface area contributed by atoms with Crippen LogP contribution in [0.25, 0.3) is 0 Å². The van der Waals surface area contributed by atoms with Crippen molar-refractivity contribution in [1.29, 1.82) is 5.26 Å². The van der Waals surface area contributed by atoms with Crippen LogP contribution >= 0.6 is 0 Å². The lowest BCUT2D eigenvalue weighted by Crippen LogP contribution is -2.55. The van der Waals surface area contributed by atoms with Crippen molar-refractivity contribution >= 4 is 0 Å². The van der Waals surface area contributed by atoms with Crippen LogP contribution in [0.5, 0.6) is 0 Å². The monoisotopic (exact) mass is 251 g/mol. The van der Waals surface area contributed by atoms with Crippen LogP contribution in [0.3, 0.4) is 0 Å². The predicted molar refractivity (Wildman–Crippen MR) is 71.2 cm³/mol. The van der Waals surface area contributed by atoms with E-state index in [1.54, 1.807) is 0 Å². The van der Waals surface area contributed by atoms with Crippen LogP contribution in [-0.4, -0.2) is 49.8 Å². The number of nitrogens with one attached hydrogen (secondary N) is 1. The van der Waals surface area contributed by atoms with Crippen molar-refractivity contribution in [3.8, 4) is 6.07 Å². The zero-order valence-electron chi connectivity index (χ0n) is 11.6. The summed E-state index contributed by atoms with van der Waals surface area (Å²) in [5.41, 5.74) is -0.340. The maximum absolute atomic E-state index is 9.63. The molecule has 1 saturated carbocycles. The van der Waals surface area contributed by atoms with E-state index in [1.165, 1.54) is 12.8 Å². The lowest BCUT2D eigenvalue weighted by atomic mass is 9.93. The van der Waals surface area contributed by atoms with Crippen molar-refractivity contribution in [3.05, 3.63) is 0 Å². The van der Waals surface area contributed by atoms with Gasteiger partial charge < -0.3 is 4.74 Å². The molecule has 0 bridgehead atoms. The minimum absolute atomic E-state index is 0.340. The fourth-order valence-corrected chi connectivity index (χ4v) is 2.81. The average molecular weight is 251 g/mol. The summed E-state index contributed by atoms with van der Waals surface area (Å²) in [6.07, 6.45) is 4.56. The summed E-state index contributed by atoms with van der Waals surface area (Å²) in [7, 11) is 2.13. The molecular formula is C14H25N3O. The van der Waals surface area contributed by atoms with Gasteiger partial charge in [-0.25, -0.2) is 0 Å². The van der Waals surface area contributed by atoms with Crippen LogP contribution in [0, 0.1) is 17.2 Å². The summed E-state index contributed by atoms with van der Waals surface area (Å²) in [4.78, 5) is 2.32. The van der Waals surface area contributed by atoms with Crippen LogP contribution in [0.15, 0.2) is 0 Å². The molecule has 1 saturated heterocycles. The number of nitriles is 1. The minimum Gasteiger partial charge on any atom is -0.380 e. The predicted octanol–water partition coefficient (Wildman–Crippen LogP) is 1.38. The Hall–Kier alpha value is -0.630. The summed E-state index contributed by atoms with van der Waals surface area (Å²) < 4.78 is 5.44. The van der Waals surface area contributed by atoms with Crippen molar-refractivity contribution in [2.24, 2.45) is 5.92 Å². The van der Waals surface area contributed by atoms with E-state index in [1.807, 2.05) is 0 Å². The number of hydrogen-bond donors (Lipinski definition) is 1. The molecule has 4 heteroatoms. The number of rotatable bonds is 7. The molecule has 1 aliphatic heterocycles. The van der Waals surface area contributed by atoms with E-state index in [0.29, 0.717) is 12.0 Å². The molecule has 0 amide bonds. The molecular weight excluding hydrogens is 226 g/mol. The second-order valence-electron chi connectivity index (χ2n) is 5.72. The number of nitrogens with zero attached hydrogens (tertiary/aromatic N) is 2. The zero-order valence-corrected chi connectivity index (χ0v) is 11.6. The third-order valence-corrected chi connectivity index (χ3v) is 4.19. The van der Waals surface area contributed by atoms with Crippen LogP contribution in [-0.2, 0) is 4.74 Å². The van der Waals surface area contributed by atoms with Gasteiger partial charge in [-0.15, -0.1) is 0 Å². The maximum atomic E-state index is 9.63. The van der Waals surface area contributed by atoms with Gasteiger partial charge in [-0.1, -0.05) is 6.92 Å². The summed E-state index contributed by atoms with van der Waals surface area (Å²) >= 11 is 0. The van der Waals surface area contributed by atoms with Gasteiger partial charge in [-0.2, -0.15) is 5.26 Å². The molecule has 0 aromatic heterocycles. The average Bonchev–Trinajstić information content (AvgIpc) is 3.09. The van der Waals surface area contributed by atoms with Crippen LogP contribution < -0.4 is 5.32 Å². The number of hydrogen-bond acceptors (Lipinski definition) is 4. The van der Waals surface area contributed by atoms with Gasteiger partial charge in [0, 0.05) is 19.2 Å². The lowest BCUT2D eigenvalue weighted by Gasteiger charge is -2.35. The van der Waals surface area contributed by atoms with E-state index in [0.717, 1.165) is 39.1 Å². The largest absolute Gasteiger partial charge is 0.380 e. The van der Waals surface area contributed by atoms with Gasteiger partial charge >= 0.3 is 0 Å². The van der Waals surface area contributed by atoms with Crippen LogP contribution in [0.4, 0.5) is 0 Å². The molecule has 2 unspecified atom stereocenters. The highest BCUT2D eigenvalue weighted by atomic mass is 16.5. The summed E-state index contributed by atoms with van der Waals surface area (Å²) in [6.45, 7) is 5.58. The Labute approximate surface area is 110 Å². The first-order chi connectivity index (χ1) is 8.72. The Kier molecular flexibility index (Phi) is 4.60. The first kappa shape index (κ1) is 13.8. The van der Waals surface area contributed by atoms with Gasteiger partial charge in [0.1, 0.15) is 5.54 Å². The van der Waals surface area contributed by atoms with E-state index in [-0.39, 0.29) is 5.54 Å². The lowest BCUT2D eigenvalue weighted by molar-refractivity contribution is 0.139. The molecule has 2 rings (SSSR count). The van der Waals surface area contributed by atoms with Gasteiger partial charge in [0.2, 0.25) is 0 Å². The Bertz CT molecular complexity index is 305. The van der Waals surface area contributed by atoms with Crippen LogP contribution in [0.2, 0.25) is 0 Å². The van der Waals surface area contributed by atoms with Crippen molar-refractivity contribution < 1.29 is 4.74 Å². The first-order valence-corrected chi connectivity index (χ1v) is 7.16. The third kappa shape index (κ3) is 3.03. The van der Waals surface area contributed by atoms with E-state index in [9.17, 15) is 5.26 Å². The van der Waals surface area contributed by atoms with Crippen molar-refractivity contribution in [3.63, 3.8) is 0 Å². The fraction of sp³-hybridized carbons (Fsp3) is 0.929. The highest BCUT2D eigenvalue weighted by Crippen LogP contribution is 2.40. The number of likely N-dealkylation sites (N-methyl/N-ethyl adjacent to an activating group) is 1. The fourth-order valence-electron chi connectivity index (χ4n) is 2.81. The summed E-state index contributed by atoms with van der Waals surface area (Å²) in [5.74, 6) is 0.541. The topological polar surface area (TPSA) is 48.3 Å². The SMILES string of the molecule is CCCNC(C#N)(CN(C)C1CCOC1)C1CC1. The molecule has 0 radical (unpaired) electrons. The second-order valence-corrected chi connectivity index (χ2v) is 5.72. The summed E-state index contributed by atoms with van der Waals surface area (Å²) in [5, 5.41) is 13.1. The molecule has 0 aromatic rings. The zero-order chi connectivity index (χ0) is 13.0. The van der Waals surface area contributed by atoms with Crippen LogP contribution in [0.1, 0.15) is 32.6 Å². The molecule has 0 spiro atoms. The number of ether oxygens (including phenoxy) is 1. The Morgan fingerprint density at radius 1 is 1.44 bits per heavy atom. The summed E-state index contributed by atoms with van der Waals surface area (Å²) in [6, 6.07) is 3.06. The smallest absolute Gasteiger partial charge is 0.122 e. The van der Waals surface area contributed by atoms with Crippen molar-refractivity contribution in [2.45, 2.75) is 44.2 Å².